The van der Waals surface area contributed by atoms with Gasteiger partial charge in [0.2, 0.25) is 11.6 Å². The second-order valence-corrected chi connectivity index (χ2v) is 5.93. The average molecular weight is 336 g/mol. The van der Waals surface area contributed by atoms with Crippen LogP contribution in [-0.2, 0) is 19.0 Å². The summed E-state index contributed by atoms with van der Waals surface area (Å²) in [7, 11) is 2.90. The Morgan fingerprint density at radius 1 is 1.38 bits per heavy atom. The number of hydrogen-bond acceptors (Lipinski definition) is 5. The molecule has 1 aliphatic heterocycles. The first-order valence-corrected chi connectivity index (χ1v) is 7.42. The molecule has 0 aromatic carbocycles. The van der Waals surface area contributed by atoms with Gasteiger partial charge in [0.05, 0.1) is 18.9 Å². The van der Waals surface area contributed by atoms with Gasteiger partial charge in [-0.05, 0) is 6.42 Å². The molecule has 21 heavy (non-hydrogen) atoms. The Morgan fingerprint density at radius 2 is 1.95 bits per heavy atom. The Labute approximate surface area is 134 Å². The number of morpholine rings is 1. The van der Waals surface area contributed by atoms with Crippen LogP contribution in [0, 0.1) is 0 Å². The number of hydrogen-bond donors (Lipinski definition) is 0. The zero-order chi connectivity index (χ0) is 15.7. The summed E-state index contributed by atoms with van der Waals surface area (Å²) in [5.41, 5.74) is 0.472. The molecular formula is C14H19Cl2NO4. The topological polar surface area (TPSA) is 48.0 Å². The van der Waals surface area contributed by atoms with Crippen molar-refractivity contribution in [2.24, 2.45) is 0 Å². The molecule has 1 fully saturated rings. The number of allylic oxidation sites excluding steroid dienone is 2. The third-order valence-electron chi connectivity index (χ3n) is 3.93. The second kappa shape index (κ2) is 6.26. The SMILES string of the molecule is C=CC[C@@]1(Cl)C(=O)C(Cl)=C(N2CCOCC2)C1(OC)OC. The summed E-state index contributed by atoms with van der Waals surface area (Å²) < 4.78 is 16.5. The Morgan fingerprint density at radius 3 is 2.43 bits per heavy atom. The van der Waals surface area contributed by atoms with Crippen LogP contribution in [0.3, 0.4) is 0 Å². The minimum absolute atomic E-state index is 0.0532. The molecule has 1 aliphatic carbocycles. The van der Waals surface area contributed by atoms with Crippen molar-refractivity contribution in [1.29, 1.82) is 0 Å². The fourth-order valence-electron chi connectivity index (χ4n) is 2.92. The minimum atomic E-state index is -1.46. The lowest BCUT2D eigenvalue weighted by molar-refractivity contribution is -0.208. The number of ether oxygens (including phenoxy) is 3. The van der Waals surface area contributed by atoms with Crippen LogP contribution in [0.2, 0.25) is 0 Å². The van der Waals surface area contributed by atoms with E-state index in [0.29, 0.717) is 32.0 Å². The summed E-state index contributed by atoms with van der Waals surface area (Å²) >= 11 is 12.9. The summed E-state index contributed by atoms with van der Waals surface area (Å²) in [6.07, 6.45) is 1.74. The normalized spacial score (nSPS) is 29.1. The fraction of sp³-hybridized carbons (Fsp3) is 0.643. The molecule has 1 saturated heterocycles. The molecule has 5 nitrogen and oxygen atoms in total. The van der Waals surface area contributed by atoms with E-state index in [1.54, 1.807) is 6.08 Å². The molecule has 1 heterocycles. The van der Waals surface area contributed by atoms with Crippen LogP contribution < -0.4 is 0 Å². The molecule has 0 N–H and O–H groups in total. The standard InChI is InChI=1S/C14H19Cl2NO4/c1-4-5-13(16)12(18)10(15)11(14(13,19-2)20-3)17-6-8-21-9-7-17/h4H,1,5-9H2,2-3H3/t13-/m1/s1. The number of methoxy groups -OCH3 is 2. The Bertz CT molecular complexity index is 470. The van der Waals surface area contributed by atoms with Gasteiger partial charge < -0.3 is 19.1 Å². The highest BCUT2D eigenvalue weighted by Gasteiger charge is 2.66. The number of carbonyl (C=O) groups is 1. The summed E-state index contributed by atoms with van der Waals surface area (Å²) in [4.78, 5) is 13.1. The largest absolute Gasteiger partial charge is 0.378 e. The van der Waals surface area contributed by atoms with Crippen molar-refractivity contribution in [3.8, 4) is 0 Å². The number of Topliss-reactive ketones (excluding diaryl/α,β-unsaturated/α-hetero) is 1. The van der Waals surface area contributed by atoms with Crippen molar-refractivity contribution in [3.05, 3.63) is 23.4 Å². The molecule has 0 spiro atoms. The van der Waals surface area contributed by atoms with Gasteiger partial charge in [0, 0.05) is 27.3 Å². The lowest BCUT2D eigenvalue weighted by Gasteiger charge is -2.43. The minimum Gasteiger partial charge on any atom is -0.378 e. The first-order chi connectivity index (χ1) is 9.98. The molecule has 118 valence electrons. The van der Waals surface area contributed by atoms with E-state index in [4.69, 9.17) is 37.4 Å². The second-order valence-electron chi connectivity index (χ2n) is 4.91. The number of alkyl halides is 1. The molecule has 0 aromatic rings. The van der Waals surface area contributed by atoms with E-state index in [1.165, 1.54) is 14.2 Å². The van der Waals surface area contributed by atoms with Crippen molar-refractivity contribution in [2.45, 2.75) is 17.1 Å². The highest BCUT2D eigenvalue weighted by molar-refractivity contribution is 6.53. The quantitative estimate of drug-likeness (QED) is 0.436. The van der Waals surface area contributed by atoms with E-state index in [9.17, 15) is 4.79 Å². The fourth-order valence-corrected chi connectivity index (χ4v) is 3.82. The highest BCUT2D eigenvalue weighted by atomic mass is 35.5. The summed E-state index contributed by atoms with van der Waals surface area (Å²) in [5, 5.41) is 0.0532. The van der Waals surface area contributed by atoms with Crippen LogP contribution in [0.25, 0.3) is 0 Å². The van der Waals surface area contributed by atoms with Crippen LogP contribution in [0.1, 0.15) is 6.42 Å². The highest BCUT2D eigenvalue weighted by Crippen LogP contribution is 2.52. The van der Waals surface area contributed by atoms with Crippen molar-refractivity contribution in [3.63, 3.8) is 0 Å². The van der Waals surface area contributed by atoms with Gasteiger partial charge >= 0.3 is 0 Å². The maximum Gasteiger partial charge on any atom is 0.239 e. The molecule has 0 amide bonds. The molecule has 0 saturated carbocycles. The van der Waals surface area contributed by atoms with Gasteiger partial charge in [-0.3, -0.25) is 4.79 Å². The Hall–Kier alpha value is -0.590. The Kier molecular flexibility index (Phi) is 5.00. The molecule has 2 aliphatic rings. The predicted octanol–water partition coefficient (Wildman–Crippen LogP) is 1.89. The van der Waals surface area contributed by atoms with Crippen LogP contribution in [0.4, 0.5) is 0 Å². The van der Waals surface area contributed by atoms with Crippen molar-refractivity contribution >= 4 is 29.0 Å². The van der Waals surface area contributed by atoms with Crippen molar-refractivity contribution in [1.82, 2.24) is 4.90 Å². The van der Waals surface area contributed by atoms with Crippen LogP contribution >= 0.6 is 23.2 Å². The summed E-state index contributed by atoms with van der Waals surface area (Å²) in [5.74, 6) is -1.84. The maximum atomic E-state index is 12.6. The zero-order valence-corrected chi connectivity index (χ0v) is 13.7. The van der Waals surface area contributed by atoms with Gasteiger partial charge in [-0.25, -0.2) is 0 Å². The van der Waals surface area contributed by atoms with E-state index in [0.717, 1.165) is 0 Å². The van der Waals surface area contributed by atoms with Crippen LogP contribution in [-0.4, -0.2) is 61.9 Å². The number of nitrogens with zero attached hydrogens (tertiary/aromatic N) is 1. The molecule has 0 radical (unpaired) electrons. The monoisotopic (exact) mass is 335 g/mol. The van der Waals surface area contributed by atoms with Crippen molar-refractivity contribution < 1.29 is 19.0 Å². The summed E-state index contributed by atoms with van der Waals surface area (Å²) in [6, 6.07) is 0. The van der Waals surface area contributed by atoms with Gasteiger partial charge in [-0.15, -0.1) is 18.2 Å². The zero-order valence-electron chi connectivity index (χ0n) is 12.2. The molecule has 1 atom stereocenters. The third kappa shape index (κ3) is 2.32. The van der Waals surface area contributed by atoms with Gasteiger partial charge in [0.15, 0.2) is 4.87 Å². The smallest absolute Gasteiger partial charge is 0.239 e. The lowest BCUT2D eigenvalue weighted by Crippen LogP contribution is -2.57. The van der Waals surface area contributed by atoms with Gasteiger partial charge in [0.1, 0.15) is 5.03 Å². The number of rotatable bonds is 5. The molecule has 0 bridgehead atoms. The number of halogens is 2. The lowest BCUT2D eigenvalue weighted by atomic mass is 9.93. The van der Waals surface area contributed by atoms with E-state index in [-0.39, 0.29) is 11.5 Å². The molecular weight excluding hydrogens is 317 g/mol. The third-order valence-corrected chi connectivity index (χ3v) is 4.85. The average Bonchev–Trinajstić information content (AvgIpc) is 2.67. The van der Waals surface area contributed by atoms with Crippen LogP contribution in [0.5, 0.6) is 0 Å². The number of carbonyl (C=O) groups excluding carboxylic acids is 1. The van der Waals surface area contributed by atoms with Gasteiger partial charge in [-0.1, -0.05) is 17.7 Å². The first-order valence-electron chi connectivity index (χ1n) is 6.66. The van der Waals surface area contributed by atoms with E-state index in [1.807, 2.05) is 4.90 Å². The first kappa shape index (κ1) is 16.8. The van der Waals surface area contributed by atoms with Gasteiger partial charge in [-0.2, -0.15) is 0 Å². The molecule has 2 rings (SSSR count). The van der Waals surface area contributed by atoms with E-state index >= 15 is 0 Å². The van der Waals surface area contributed by atoms with Gasteiger partial charge in [0.25, 0.3) is 0 Å². The molecule has 0 aromatic heterocycles. The maximum absolute atomic E-state index is 12.6. The summed E-state index contributed by atoms with van der Waals surface area (Å²) in [6.45, 7) is 5.93. The van der Waals surface area contributed by atoms with Crippen molar-refractivity contribution in [2.75, 3.05) is 40.5 Å². The Balaban J connectivity index is 2.54. The molecule has 7 heteroatoms. The van der Waals surface area contributed by atoms with E-state index in [2.05, 4.69) is 6.58 Å². The predicted molar refractivity (Wildman–Crippen MR) is 80.4 cm³/mol. The van der Waals surface area contributed by atoms with Crippen LogP contribution in [0.15, 0.2) is 23.4 Å². The number of ketones is 1. The van der Waals surface area contributed by atoms with E-state index < -0.39 is 16.4 Å². The molecule has 0 unspecified atom stereocenters.